The molecule has 3 aliphatic rings. The van der Waals surface area contributed by atoms with Gasteiger partial charge in [0.1, 0.15) is 21.9 Å². The van der Waals surface area contributed by atoms with Gasteiger partial charge in [-0.1, -0.05) is 30.5 Å². The number of thioether (sulfide) groups is 1. The third-order valence-corrected chi connectivity index (χ3v) is 8.65. The van der Waals surface area contributed by atoms with Gasteiger partial charge in [-0.3, -0.25) is 14.5 Å². The zero-order valence-electron chi connectivity index (χ0n) is 21.3. The Kier molecular flexibility index (Phi) is 6.75. The number of nitrogens with one attached hydrogen (secondary N) is 2. The molecule has 0 spiro atoms. The van der Waals surface area contributed by atoms with Gasteiger partial charge >= 0.3 is 6.03 Å². The number of anilines is 2. The normalized spacial score (nSPS) is 21.4. The summed E-state index contributed by atoms with van der Waals surface area (Å²) in [5, 5.41) is 6.03. The van der Waals surface area contributed by atoms with Crippen LogP contribution >= 0.6 is 11.8 Å². The van der Waals surface area contributed by atoms with Gasteiger partial charge in [0.25, 0.3) is 0 Å². The SMILES string of the molecule is C=CC(=O)N1CCCC(NC(=O)[C@@H]2Sc3nccc4c3C2NC(=O)N4c2cccc(-c3ccc(F)cc3F)c2)C1. The van der Waals surface area contributed by atoms with Crippen LogP contribution in [0.25, 0.3) is 11.1 Å². The molecular formula is C29H25F2N5O3S. The van der Waals surface area contributed by atoms with Gasteiger partial charge in [-0.05, 0) is 54.8 Å². The Morgan fingerprint density at radius 3 is 2.83 bits per heavy atom. The highest BCUT2D eigenvalue weighted by atomic mass is 32.2. The lowest BCUT2D eigenvalue weighted by Gasteiger charge is -2.35. The second kappa shape index (κ2) is 10.4. The Bertz CT molecular complexity index is 1550. The van der Waals surface area contributed by atoms with Crippen LogP contribution in [-0.2, 0) is 9.59 Å². The summed E-state index contributed by atoms with van der Waals surface area (Å²) in [5.74, 6) is -1.78. The molecule has 3 aromatic rings. The molecule has 8 nitrogen and oxygen atoms in total. The van der Waals surface area contributed by atoms with Gasteiger partial charge in [-0.25, -0.2) is 18.6 Å². The lowest BCUT2D eigenvalue weighted by Crippen LogP contribution is -2.53. The van der Waals surface area contributed by atoms with E-state index in [9.17, 15) is 23.2 Å². The second-order valence-electron chi connectivity index (χ2n) is 9.86. The number of pyridine rings is 1. The van der Waals surface area contributed by atoms with Crippen molar-refractivity contribution in [2.24, 2.45) is 0 Å². The number of carbonyl (C=O) groups excluding carboxylic acids is 3. The summed E-state index contributed by atoms with van der Waals surface area (Å²) in [6.07, 6.45) is 4.38. The van der Waals surface area contributed by atoms with Gasteiger partial charge in [0.05, 0.1) is 17.4 Å². The summed E-state index contributed by atoms with van der Waals surface area (Å²) >= 11 is 1.29. The third-order valence-electron chi connectivity index (χ3n) is 7.36. The second-order valence-corrected chi connectivity index (χ2v) is 11.0. The van der Waals surface area contributed by atoms with Crippen LogP contribution in [0.1, 0.15) is 24.4 Å². The van der Waals surface area contributed by atoms with Crippen LogP contribution in [0.2, 0.25) is 0 Å². The summed E-state index contributed by atoms with van der Waals surface area (Å²) in [7, 11) is 0. The van der Waals surface area contributed by atoms with E-state index in [2.05, 4.69) is 22.2 Å². The number of aromatic nitrogens is 1. The first-order valence-electron chi connectivity index (χ1n) is 12.9. The number of urea groups is 1. The molecule has 1 saturated heterocycles. The first-order chi connectivity index (χ1) is 19.3. The van der Waals surface area contributed by atoms with Gasteiger partial charge in [0, 0.05) is 42.5 Å². The van der Waals surface area contributed by atoms with Crippen molar-refractivity contribution >= 4 is 41.0 Å². The van der Waals surface area contributed by atoms with Gasteiger partial charge in [-0.2, -0.15) is 0 Å². The van der Waals surface area contributed by atoms with E-state index < -0.39 is 29.0 Å². The van der Waals surface area contributed by atoms with Gasteiger partial charge in [0.15, 0.2) is 0 Å². The number of piperidine rings is 1. The zero-order chi connectivity index (χ0) is 28.0. The molecule has 0 saturated carbocycles. The van der Waals surface area contributed by atoms with Gasteiger partial charge in [-0.15, -0.1) is 0 Å². The molecule has 0 radical (unpaired) electrons. The molecule has 2 aromatic carbocycles. The lowest BCUT2D eigenvalue weighted by atomic mass is 9.98. The van der Waals surface area contributed by atoms with Crippen molar-refractivity contribution in [2.45, 2.75) is 35.2 Å². The Labute approximate surface area is 233 Å². The number of amides is 4. The molecule has 11 heteroatoms. The van der Waals surface area contributed by atoms with Gasteiger partial charge in [0.2, 0.25) is 11.8 Å². The summed E-state index contributed by atoms with van der Waals surface area (Å²) in [4.78, 5) is 46.6. The van der Waals surface area contributed by atoms with Crippen LogP contribution in [0.5, 0.6) is 0 Å². The van der Waals surface area contributed by atoms with Crippen LogP contribution in [0.3, 0.4) is 0 Å². The number of carbonyl (C=O) groups is 3. The van der Waals surface area contributed by atoms with Crippen LogP contribution < -0.4 is 15.5 Å². The maximum absolute atomic E-state index is 14.5. The number of nitrogens with zero attached hydrogens (tertiary/aromatic N) is 3. The maximum Gasteiger partial charge on any atom is 0.327 e. The van der Waals surface area contributed by atoms with E-state index in [1.54, 1.807) is 41.4 Å². The lowest BCUT2D eigenvalue weighted by molar-refractivity contribution is -0.129. The van der Waals surface area contributed by atoms with Crippen molar-refractivity contribution < 1.29 is 23.2 Å². The Morgan fingerprint density at radius 2 is 2.02 bits per heavy atom. The fourth-order valence-corrected chi connectivity index (χ4v) is 6.76. The molecule has 2 unspecified atom stereocenters. The molecule has 1 aromatic heterocycles. The molecule has 204 valence electrons. The van der Waals surface area contributed by atoms with E-state index in [0.717, 1.165) is 24.5 Å². The summed E-state index contributed by atoms with van der Waals surface area (Å²) in [6, 6.07) is 10.6. The zero-order valence-corrected chi connectivity index (χ0v) is 22.1. The number of rotatable bonds is 5. The average molecular weight is 562 g/mol. The van der Waals surface area contributed by atoms with Crippen molar-refractivity contribution in [1.82, 2.24) is 20.5 Å². The molecule has 3 atom stereocenters. The van der Waals surface area contributed by atoms with Crippen LogP contribution in [0.4, 0.5) is 25.0 Å². The molecule has 2 N–H and O–H groups in total. The summed E-state index contributed by atoms with van der Waals surface area (Å²) in [5.41, 5.74) is 2.50. The van der Waals surface area contributed by atoms with Crippen molar-refractivity contribution in [2.75, 3.05) is 18.0 Å². The Hall–Kier alpha value is -4.25. The molecule has 0 aliphatic carbocycles. The maximum atomic E-state index is 14.5. The van der Waals surface area contributed by atoms with E-state index in [0.29, 0.717) is 35.1 Å². The molecule has 4 amide bonds. The highest BCUT2D eigenvalue weighted by molar-refractivity contribution is 8.01. The molecule has 0 bridgehead atoms. The molecule has 6 rings (SSSR count). The first-order valence-corrected chi connectivity index (χ1v) is 13.8. The van der Waals surface area contributed by atoms with E-state index in [1.165, 1.54) is 34.9 Å². The Balaban J connectivity index is 1.27. The number of hydrogen-bond acceptors (Lipinski definition) is 5. The highest BCUT2D eigenvalue weighted by Crippen LogP contribution is 2.50. The first kappa shape index (κ1) is 26.0. The predicted octanol–water partition coefficient (Wildman–Crippen LogP) is 4.70. The van der Waals surface area contributed by atoms with Crippen LogP contribution in [0, 0.1) is 11.6 Å². The van der Waals surface area contributed by atoms with Crippen molar-refractivity contribution in [3.63, 3.8) is 0 Å². The van der Waals surface area contributed by atoms with E-state index in [1.807, 2.05) is 0 Å². The topological polar surface area (TPSA) is 94.6 Å². The van der Waals surface area contributed by atoms with Crippen molar-refractivity contribution in [3.05, 3.63) is 84.6 Å². The standard InChI is InChI=1S/C29H25F2N5O3S/c1-2-23(37)35-12-4-6-18(15-35)33-27(38)26-25-24-22(10-11-32-28(24)40-26)36(29(39)34-25)19-7-3-5-16(13-19)20-9-8-17(30)14-21(20)31/h2-3,5,7-11,13-14,18,25-26H,1,4,6,12,15H2,(H,33,38)(H,34,39)/t18?,25?,26-/m1/s1. The number of benzene rings is 2. The summed E-state index contributed by atoms with van der Waals surface area (Å²) < 4.78 is 28.0. The fraction of sp³-hybridized carbons (Fsp3) is 0.241. The number of halogens is 2. The van der Waals surface area contributed by atoms with E-state index in [4.69, 9.17) is 0 Å². The largest absolute Gasteiger partial charge is 0.351 e. The average Bonchev–Trinajstić information content (AvgIpc) is 3.32. The van der Waals surface area contributed by atoms with Gasteiger partial charge < -0.3 is 15.5 Å². The van der Waals surface area contributed by atoms with E-state index in [-0.39, 0.29) is 23.4 Å². The molecule has 1 fully saturated rings. The minimum Gasteiger partial charge on any atom is -0.351 e. The summed E-state index contributed by atoms with van der Waals surface area (Å²) in [6.45, 7) is 4.57. The Morgan fingerprint density at radius 1 is 1.18 bits per heavy atom. The molecule has 4 heterocycles. The van der Waals surface area contributed by atoms with Crippen molar-refractivity contribution in [3.8, 4) is 11.1 Å². The highest BCUT2D eigenvalue weighted by Gasteiger charge is 2.47. The van der Waals surface area contributed by atoms with E-state index >= 15 is 0 Å². The minimum atomic E-state index is -0.703. The number of likely N-dealkylation sites (tertiary alicyclic amines) is 1. The number of hydrogen-bond donors (Lipinski definition) is 2. The quantitative estimate of drug-likeness (QED) is 0.441. The third kappa shape index (κ3) is 4.60. The smallest absolute Gasteiger partial charge is 0.327 e. The minimum absolute atomic E-state index is 0.165. The van der Waals surface area contributed by atoms with Crippen LogP contribution in [-0.4, -0.2) is 52.1 Å². The fourth-order valence-electron chi connectivity index (χ4n) is 5.53. The predicted molar refractivity (Wildman–Crippen MR) is 147 cm³/mol. The van der Waals surface area contributed by atoms with Crippen molar-refractivity contribution in [1.29, 1.82) is 0 Å². The molecule has 3 aliphatic heterocycles. The van der Waals surface area contributed by atoms with Crippen LogP contribution in [0.15, 0.2) is 72.4 Å². The molecule has 40 heavy (non-hydrogen) atoms. The molecular weight excluding hydrogens is 536 g/mol. The monoisotopic (exact) mass is 561 g/mol.